The van der Waals surface area contributed by atoms with Gasteiger partial charge in [0, 0.05) is 23.3 Å². The lowest BCUT2D eigenvalue weighted by molar-refractivity contribution is -0.144. The molecular formula is C28H54O4S4. The van der Waals surface area contributed by atoms with Crippen LogP contribution in [0.1, 0.15) is 128 Å². The van der Waals surface area contributed by atoms with Gasteiger partial charge in [-0.25, -0.2) is 0 Å². The van der Waals surface area contributed by atoms with Crippen molar-refractivity contribution in [2.45, 2.75) is 139 Å². The maximum atomic E-state index is 11.8. The lowest BCUT2D eigenvalue weighted by Crippen LogP contribution is -2.06. The number of hydrogen-bond acceptors (Lipinski definition) is 8. The van der Waals surface area contributed by atoms with Crippen LogP contribution in [-0.4, -0.2) is 47.2 Å². The molecule has 0 radical (unpaired) electrons. The van der Waals surface area contributed by atoms with E-state index in [1.54, 1.807) is 0 Å². The molecule has 0 aromatic heterocycles. The van der Waals surface area contributed by atoms with Gasteiger partial charge in [-0.3, -0.25) is 9.59 Å². The quantitative estimate of drug-likeness (QED) is 0.0447. The molecule has 4 nitrogen and oxygen atoms in total. The van der Waals surface area contributed by atoms with Crippen LogP contribution in [0.2, 0.25) is 0 Å². The largest absolute Gasteiger partial charge is 0.466 e. The molecule has 0 aliphatic carbocycles. The van der Waals surface area contributed by atoms with Gasteiger partial charge in [-0.1, -0.05) is 64.2 Å². The molecule has 0 aromatic rings. The van der Waals surface area contributed by atoms with Gasteiger partial charge in [0.1, 0.15) is 0 Å². The van der Waals surface area contributed by atoms with Crippen molar-refractivity contribution in [3.8, 4) is 0 Å². The van der Waals surface area contributed by atoms with E-state index in [2.05, 4.69) is 50.5 Å². The number of carbonyl (C=O) groups excluding carboxylic acids is 2. The Balaban J connectivity index is 3.27. The maximum absolute atomic E-state index is 11.8. The monoisotopic (exact) mass is 582 g/mol. The Kier molecular flexibility index (Phi) is 28.6. The highest BCUT2D eigenvalue weighted by molar-refractivity contribution is 7.81. The highest BCUT2D eigenvalue weighted by Gasteiger charge is 2.06. The van der Waals surface area contributed by atoms with E-state index in [-0.39, 0.29) is 11.9 Å². The lowest BCUT2D eigenvalue weighted by atomic mass is 10.1. The van der Waals surface area contributed by atoms with Gasteiger partial charge in [-0.2, -0.15) is 50.5 Å². The third-order valence-electron chi connectivity index (χ3n) is 6.33. The molecule has 2 unspecified atom stereocenters. The van der Waals surface area contributed by atoms with Crippen LogP contribution >= 0.6 is 50.5 Å². The van der Waals surface area contributed by atoms with Crippen LogP contribution in [0.15, 0.2) is 0 Å². The van der Waals surface area contributed by atoms with Crippen LogP contribution < -0.4 is 0 Å². The second kappa shape index (κ2) is 28.4. The summed E-state index contributed by atoms with van der Waals surface area (Å²) in [5, 5.41) is 0.797. The number of unbranched alkanes of at least 4 members (excludes halogenated alkanes) is 11. The fourth-order valence-corrected chi connectivity index (χ4v) is 5.67. The van der Waals surface area contributed by atoms with Gasteiger partial charge < -0.3 is 9.47 Å². The van der Waals surface area contributed by atoms with Gasteiger partial charge in [0.2, 0.25) is 0 Å². The number of carbonyl (C=O) groups is 2. The predicted molar refractivity (Wildman–Crippen MR) is 168 cm³/mol. The zero-order chi connectivity index (χ0) is 26.7. The molecule has 0 N–H and O–H groups in total. The number of esters is 2. The van der Waals surface area contributed by atoms with Gasteiger partial charge in [-0.15, -0.1) is 0 Å². The minimum Gasteiger partial charge on any atom is -0.466 e. The SMILES string of the molecule is O=C(CCCCC(S)CCS)OCCCCCCCCCCCCOC(=O)CCCCC(S)CCS. The van der Waals surface area contributed by atoms with Crippen LogP contribution in [0.5, 0.6) is 0 Å². The molecule has 0 aliphatic rings. The normalized spacial score (nSPS) is 12.9. The van der Waals surface area contributed by atoms with E-state index < -0.39 is 0 Å². The first-order valence-electron chi connectivity index (χ1n) is 14.4. The van der Waals surface area contributed by atoms with Crippen molar-refractivity contribution >= 4 is 62.5 Å². The molecule has 0 aromatic carbocycles. The number of thiol groups is 4. The molecule has 0 aliphatic heterocycles. The van der Waals surface area contributed by atoms with Crippen LogP contribution in [0.3, 0.4) is 0 Å². The number of rotatable bonds is 27. The average molecular weight is 583 g/mol. The van der Waals surface area contributed by atoms with E-state index in [1.165, 1.54) is 38.5 Å². The Morgan fingerprint density at radius 1 is 0.472 bits per heavy atom. The fraction of sp³-hybridized carbons (Fsp3) is 0.929. The second-order valence-corrected chi connectivity index (χ2v) is 12.2. The Morgan fingerprint density at radius 3 is 1.14 bits per heavy atom. The average Bonchev–Trinajstić information content (AvgIpc) is 2.85. The molecule has 36 heavy (non-hydrogen) atoms. The first kappa shape index (κ1) is 36.3. The summed E-state index contributed by atoms with van der Waals surface area (Å²) in [5.41, 5.74) is 0. The molecule has 0 rings (SSSR count). The highest BCUT2D eigenvalue weighted by Crippen LogP contribution is 2.15. The van der Waals surface area contributed by atoms with Crippen molar-refractivity contribution in [1.82, 2.24) is 0 Å². The summed E-state index contributed by atoms with van der Waals surface area (Å²) >= 11 is 17.5. The molecule has 0 saturated carbocycles. The summed E-state index contributed by atoms with van der Waals surface area (Å²) in [7, 11) is 0. The van der Waals surface area contributed by atoms with Crippen LogP contribution in [-0.2, 0) is 19.1 Å². The summed E-state index contributed by atoms with van der Waals surface area (Å²) < 4.78 is 10.7. The lowest BCUT2D eigenvalue weighted by Gasteiger charge is -2.08. The second-order valence-electron chi connectivity index (χ2n) is 9.80. The van der Waals surface area contributed by atoms with Gasteiger partial charge in [0.05, 0.1) is 13.2 Å². The summed E-state index contributed by atoms with van der Waals surface area (Å²) in [5.74, 6) is 1.62. The molecule has 0 heterocycles. The smallest absolute Gasteiger partial charge is 0.305 e. The Morgan fingerprint density at radius 2 is 0.806 bits per heavy atom. The third-order valence-corrected chi connectivity index (χ3v) is 7.88. The molecule has 214 valence electrons. The highest BCUT2D eigenvalue weighted by atomic mass is 32.1. The molecule has 0 bridgehead atoms. The van der Waals surface area contributed by atoms with Crippen LogP contribution in [0.4, 0.5) is 0 Å². The first-order valence-corrected chi connectivity index (χ1v) is 16.7. The zero-order valence-electron chi connectivity index (χ0n) is 22.5. The minimum absolute atomic E-state index is 0.0582. The Labute approximate surface area is 244 Å². The fourth-order valence-electron chi connectivity index (χ4n) is 4.02. The van der Waals surface area contributed by atoms with Gasteiger partial charge in [0.25, 0.3) is 0 Å². The number of ether oxygens (including phenoxy) is 2. The van der Waals surface area contributed by atoms with Crippen molar-refractivity contribution in [3.63, 3.8) is 0 Å². The third kappa shape index (κ3) is 27.4. The van der Waals surface area contributed by atoms with Crippen molar-refractivity contribution in [2.24, 2.45) is 0 Å². The van der Waals surface area contributed by atoms with Crippen molar-refractivity contribution < 1.29 is 19.1 Å². The van der Waals surface area contributed by atoms with E-state index in [1.807, 2.05) is 0 Å². The van der Waals surface area contributed by atoms with E-state index in [9.17, 15) is 9.59 Å². The first-order chi connectivity index (χ1) is 17.5. The molecule has 8 heteroatoms. The molecule has 0 spiro atoms. The van der Waals surface area contributed by atoms with Crippen LogP contribution in [0, 0.1) is 0 Å². The maximum Gasteiger partial charge on any atom is 0.305 e. The molecule has 2 atom stereocenters. The van der Waals surface area contributed by atoms with Crippen molar-refractivity contribution in [3.05, 3.63) is 0 Å². The summed E-state index contributed by atoms with van der Waals surface area (Å²) in [6.07, 6.45) is 20.7. The molecule has 0 fully saturated rings. The van der Waals surface area contributed by atoms with Crippen molar-refractivity contribution in [2.75, 3.05) is 24.7 Å². The zero-order valence-corrected chi connectivity index (χ0v) is 26.1. The van der Waals surface area contributed by atoms with Crippen LogP contribution in [0.25, 0.3) is 0 Å². The van der Waals surface area contributed by atoms with Gasteiger partial charge >= 0.3 is 11.9 Å². The van der Waals surface area contributed by atoms with E-state index in [0.717, 1.165) is 88.6 Å². The van der Waals surface area contributed by atoms with Gasteiger partial charge in [-0.05, 0) is 62.9 Å². The molecular weight excluding hydrogens is 529 g/mol. The minimum atomic E-state index is -0.0582. The molecule has 0 saturated heterocycles. The summed E-state index contributed by atoms with van der Waals surface area (Å²) in [6.45, 7) is 1.12. The van der Waals surface area contributed by atoms with Gasteiger partial charge in [0.15, 0.2) is 0 Å². The standard InChI is InChI=1S/C28H54O4S4/c29-27(17-11-9-15-25(35)19-23-33)31-21-13-7-5-3-1-2-4-6-8-14-22-32-28(30)18-12-10-16-26(36)20-24-34/h25-26,33-36H,1-24H2. The number of hydrogen-bond donors (Lipinski definition) is 4. The van der Waals surface area contributed by atoms with E-state index in [0.29, 0.717) is 36.6 Å². The van der Waals surface area contributed by atoms with E-state index >= 15 is 0 Å². The molecule has 0 amide bonds. The Bertz CT molecular complexity index is 464. The summed E-state index contributed by atoms with van der Waals surface area (Å²) in [6, 6.07) is 0. The Hall–Kier alpha value is 0.340. The van der Waals surface area contributed by atoms with Crippen molar-refractivity contribution in [1.29, 1.82) is 0 Å². The van der Waals surface area contributed by atoms with E-state index in [4.69, 9.17) is 9.47 Å². The topological polar surface area (TPSA) is 52.6 Å². The predicted octanol–water partition coefficient (Wildman–Crippen LogP) is 8.33. The summed E-state index contributed by atoms with van der Waals surface area (Å²) in [4.78, 5) is 23.5.